The van der Waals surface area contributed by atoms with Crippen molar-refractivity contribution in [2.24, 2.45) is 0 Å². The first kappa shape index (κ1) is 12.2. The van der Waals surface area contributed by atoms with Crippen LogP contribution in [0.2, 0.25) is 0 Å². The second-order valence-corrected chi connectivity index (χ2v) is 5.54. The van der Waals surface area contributed by atoms with Crippen molar-refractivity contribution in [3.63, 3.8) is 0 Å². The van der Waals surface area contributed by atoms with E-state index in [1.807, 2.05) is 25.1 Å². The summed E-state index contributed by atoms with van der Waals surface area (Å²) in [5, 5.41) is 0. The fraction of sp³-hybridized carbons (Fsp3) is 0.200. The lowest BCUT2D eigenvalue weighted by atomic mass is 10.1. The van der Waals surface area contributed by atoms with Crippen LogP contribution in [0.1, 0.15) is 22.6 Å². The number of benzene rings is 1. The summed E-state index contributed by atoms with van der Waals surface area (Å²) >= 11 is 1.76. The van der Waals surface area contributed by atoms with E-state index >= 15 is 0 Å². The number of thioether (sulfide) groups is 1. The van der Waals surface area contributed by atoms with Crippen molar-refractivity contribution in [1.82, 2.24) is 9.97 Å². The number of hydrogen-bond acceptors (Lipinski definition) is 3. The first-order valence-electron chi connectivity index (χ1n) is 6.17. The maximum Gasteiger partial charge on any atom is 0.255 e. The van der Waals surface area contributed by atoms with E-state index in [0.717, 1.165) is 33.9 Å². The molecule has 1 N–H and O–H groups in total. The highest BCUT2D eigenvalue weighted by atomic mass is 32.2. The van der Waals surface area contributed by atoms with E-state index in [4.69, 9.17) is 0 Å². The summed E-state index contributed by atoms with van der Waals surface area (Å²) in [6, 6.07) is 10.1. The minimum Gasteiger partial charge on any atom is -0.310 e. The number of aromatic nitrogens is 2. The Kier molecular flexibility index (Phi) is 3.25. The van der Waals surface area contributed by atoms with Gasteiger partial charge in [0.1, 0.15) is 5.82 Å². The lowest BCUT2D eigenvalue weighted by Crippen LogP contribution is -2.21. The van der Waals surface area contributed by atoms with Crippen molar-refractivity contribution in [2.45, 2.75) is 12.7 Å². The minimum absolute atomic E-state index is 0.00587. The molecule has 0 bridgehead atoms. The Balaban J connectivity index is 2.13. The Morgan fingerprint density at radius 1 is 1.26 bits per heavy atom. The molecule has 1 aromatic heterocycles. The number of hydrogen-bond donors (Lipinski definition) is 1. The van der Waals surface area contributed by atoms with Gasteiger partial charge in [-0.3, -0.25) is 4.79 Å². The van der Waals surface area contributed by atoms with Crippen LogP contribution < -0.4 is 5.56 Å². The molecule has 96 valence electrons. The van der Waals surface area contributed by atoms with Crippen LogP contribution in [0.4, 0.5) is 0 Å². The van der Waals surface area contributed by atoms with Gasteiger partial charge in [0.25, 0.3) is 5.56 Å². The van der Waals surface area contributed by atoms with E-state index < -0.39 is 0 Å². The maximum atomic E-state index is 11.9. The summed E-state index contributed by atoms with van der Waals surface area (Å²) in [5.41, 5.74) is 3.93. The average molecular weight is 270 g/mol. The zero-order valence-electron chi connectivity index (χ0n) is 10.6. The lowest BCUT2D eigenvalue weighted by molar-refractivity contribution is 0.968. The lowest BCUT2D eigenvalue weighted by Gasteiger charge is -2.17. The summed E-state index contributed by atoms with van der Waals surface area (Å²) < 4.78 is 0. The number of aryl methyl sites for hydroxylation is 1. The largest absolute Gasteiger partial charge is 0.310 e. The standard InChI is InChI=1S/C15H14N2OS/c1-10-16-14-12(7-11-5-3-2-4-6-11)8-19-9-13(14)15(18)17-10/h2-7H,8-9H2,1H3,(H,16,17,18). The van der Waals surface area contributed by atoms with Crippen LogP contribution >= 0.6 is 11.8 Å². The third kappa shape index (κ3) is 2.49. The summed E-state index contributed by atoms with van der Waals surface area (Å²) in [5.74, 6) is 2.32. The molecule has 3 nitrogen and oxygen atoms in total. The molecular weight excluding hydrogens is 256 g/mol. The molecule has 2 aromatic rings. The van der Waals surface area contributed by atoms with Crippen LogP contribution in [0, 0.1) is 6.92 Å². The normalized spacial score (nSPS) is 16.4. The van der Waals surface area contributed by atoms with Crippen LogP contribution in [-0.4, -0.2) is 15.7 Å². The Morgan fingerprint density at radius 3 is 2.84 bits per heavy atom. The Labute approximate surface area is 115 Å². The molecule has 0 saturated heterocycles. The SMILES string of the molecule is Cc1nc2c(c(=O)[nH]1)CSCC2=Cc1ccccc1. The molecule has 0 atom stereocenters. The van der Waals surface area contributed by atoms with Crippen LogP contribution in [0.25, 0.3) is 11.6 Å². The number of nitrogens with zero attached hydrogens (tertiary/aromatic N) is 1. The Hall–Kier alpha value is -1.81. The van der Waals surface area contributed by atoms with E-state index in [0.29, 0.717) is 5.82 Å². The number of nitrogens with one attached hydrogen (secondary N) is 1. The van der Waals surface area contributed by atoms with Gasteiger partial charge in [0.15, 0.2) is 0 Å². The number of H-pyrrole nitrogens is 1. The fourth-order valence-electron chi connectivity index (χ4n) is 2.20. The third-order valence-corrected chi connectivity index (χ3v) is 4.09. The van der Waals surface area contributed by atoms with E-state index in [9.17, 15) is 4.79 Å². The Bertz CT molecular complexity index is 689. The highest BCUT2D eigenvalue weighted by molar-refractivity contribution is 7.99. The van der Waals surface area contributed by atoms with Crippen molar-refractivity contribution in [1.29, 1.82) is 0 Å². The van der Waals surface area contributed by atoms with E-state index in [-0.39, 0.29) is 5.56 Å². The summed E-state index contributed by atoms with van der Waals surface area (Å²) in [7, 11) is 0. The Morgan fingerprint density at radius 2 is 2.05 bits per heavy atom. The predicted molar refractivity (Wildman–Crippen MR) is 80.1 cm³/mol. The number of rotatable bonds is 1. The van der Waals surface area contributed by atoms with Crippen LogP contribution in [0.5, 0.6) is 0 Å². The van der Waals surface area contributed by atoms with Gasteiger partial charge < -0.3 is 4.98 Å². The van der Waals surface area contributed by atoms with E-state index in [1.165, 1.54) is 0 Å². The van der Waals surface area contributed by atoms with Crippen molar-refractivity contribution in [2.75, 3.05) is 5.75 Å². The monoisotopic (exact) mass is 270 g/mol. The molecule has 0 unspecified atom stereocenters. The van der Waals surface area contributed by atoms with Gasteiger partial charge >= 0.3 is 0 Å². The molecule has 1 aromatic carbocycles. The first-order chi connectivity index (χ1) is 9.24. The molecule has 0 spiro atoms. The molecule has 3 rings (SSSR count). The molecule has 2 heterocycles. The maximum absolute atomic E-state index is 11.9. The summed E-state index contributed by atoms with van der Waals surface area (Å²) in [6.07, 6.45) is 2.12. The zero-order chi connectivity index (χ0) is 13.2. The summed E-state index contributed by atoms with van der Waals surface area (Å²) in [4.78, 5) is 19.2. The van der Waals surface area contributed by atoms with Gasteiger partial charge in [-0.1, -0.05) is 30.3 Å². The smallest absolute Gasteiger partial charge is 0.255 e. The second kappa shape index (κ2) is 5.05. The minimum atomic E-state index is -0.00587. The molecule has 1 aliphatic heterocycles. The molecule has 0 aliphatic carbocycles. The molecule has 0 saturated carbocycles. The average Bonchev–Trinajstić information content (AvgIpc) is 2.41. The van der Waals surface area contributed by atoms with Crippen LogP contribution in [-0.2, 0) is 5.75 Å². The molecular formula is C15H14N2OS. The van der Waals surface area contributed by atoms with Crippen molar-refractivity contribution in [3.8, 4) is 0 Å². The van der Waals surface area contributed by atoms with E-state index in [2.05, 4.69) is 28.2 Å². The zero-order valence-corrected chi connectivity index (χ0v) is 11.5. The van der Waals surface area contributed by atoms with Gasteiger partial charge in [-0.05, 0) is 24.1 Å². The molecule has 19 heavy (non-hydrogen) atoms. The third-order valence-electron chi connectivity index (χ3n) is 3.08. The molecule has 0 amide bonds. The van der Waals surface area contributed by atoms with Gasteiger partial charge in [-0.2, -0.15) is 11.8 Å². The van der Waals surface area contributed by atoms with Crippen LogP contribution in [0.15, 0.2) is 35.1 Å². The second-order valence-electron chi connectivity index (χ2n) is 4.55. The quantitative estimate of drug-likeness (QED) is 0.866. The van der Waals surface area contributed by atoms with Gasteiger partial charge in [0, 0.05) is 11.5 Å². The highest BCUT2D eigenvalue weighted by Gasteiger charge is 2.19. The van der Waals surface area contributed by atoms with Gasteiger partial charge in [0.2, 0.25) is 0 Å². The van der Waals surface area contributed by atoms with Crippen molar-refractivity contribution >= 4 is 23.4 Å². The highest BCUT2D eigenvalue weighted by Crippen LogP contribution is 2.30. The predicted octanol–water partition coefficient (Wildman–Crippen LogP) is 2.87. The fourth-order valence-corrected chi connectivity index (χ4v) is 3.22. The molecule has 4 heteroatoms. The molecule has 0 radical (unpaired) electrons. The van der Waals surface area contributed by atoms with Gasteiger partial charge in [-0.25, -0.2) is 4.98 Å². The van der Waals surface area contributed by atoms with Gasteiger partial charge in [-0.15, -0.1) is 0 Å². The van der Waals surface area contributed by atoms with Crippen molar-refractivity contribution < 1.29 is 0 Å². The number of fused-ring (bicyclic) bond motifs is 1. The topological polar surface area (TPSA) is 45.8 Å². The van der Waals surface area contributed by atoms with Crippen molar-refractivity contribution in [3.05, 3.63) is 63.3 Å². The molecule has 1 aliphatic rings. The van der Waals surface area contributed by atoms with Crippen LogP contribution in [0.3, 0.4) is 0 Å². The number of aromatic amines is 1. The van der Waals surface area contributed by atoms with Gasteiger partial charge in [0.05, 0.1) is 11.3 Å². The van der Waals surface area contributed by atoms with E-state index in [1.54, 1.807) is 11.8 Å². The molecule has 0 fully saturated rings. The summed E-state index contributed by atoms with van der Waals surface area (Å²) in [6.45, 7) is 1.82. The first-order valence-corrected chi connectivity index (χ1v) is 7.33.